The first-order valence-corrected chi connectivity index (χ1v) is 4.17. The molecule has 0 spiro atoms. The van der Waals surface area contributed by atoms with Crippen LogP contribution < -0.4 is 21.7 Å². The summed E-state index contributed by atoms with van der Waals surface area (Å²) < 4.78 is 41.1. The van der Waals surface area contributed by atoms with Gasteiger partial charge in [0.15, 0.2) is 6.10 Å². The zero-order valence-corrected chi connectivity index (χ0v) is 8.25. The number of ether oxygens (including phenoxy) is 1. The highest BCUT2D eigenvalue weighted by Crippen LogP contribution is 2.24. The quantitative estimate of drug-likeness (QED) is 0.528. The smallest absolute Gasteiger partial charge is 0.425 e. The lowest BCUT2D eigenvalue weighted by atomic mass is 10.4. The van der Waals surface area contributed by atoms with E-state index >= 15 is 0 Å². The Kier molecular flexibility index (Phi) is 3.38. The molecule has 1 heterocycles. The van der Waals surface area contributed by atoms with Gasteiger partial charge in [-0.2, -0.15) is 23.1 Å². The molecule has 0 aromatic carbocycles. The molecule has 0 saturated heterocycles. The first-order chi connectivity index (χ1) is 7.32. The second kappa shape index (κ2) is 4.39. The largest absolute Gasteiger partial charge is 0.465 e. The van der Waals surface area contributed by atoms with E-state index in [0.29, 0.717) is 0 Å². The van der Waals surface area contributed by atoms with Crippen LogP contribution in [0.5, 0.6) is 5.88 Å². The van der Waals surface area contributed by atoms with Crippen LogP contribution in [-0.2, 0) is 0 Å². The number of aromatic nitrogens is 2. The van der Waals surface area contributed by atoms with E-state index in [9.17, 15) is 13.2 Å². The van der Waals surface area contributed by atoms with Crippen LogP contribution in [0.3, 0.4) is 0 Å². The Balaban J connectivity index is 2.85. The van der Waals surface area contributed by atoms with Crippen LogP contribution in [0.4, 0.5) is 24.9 Å². The molecule has 16 heavy (non-hydrogen) atoms. The van der Waals surface area contributed by atoms with Crippen LogP contribution in [0.2, 0.25) is 0 Å². The molecule has 5 N–H and O–H groups in total. The molecule has 0 fully saturated rings. The molecule has 0 aliphatic carbocycles. The minimum Gasteiger partial charge on any atom is -0.465 e. The van der Waals surface area contributed by atoms with Crippen molar-refractivity contribution in [1.82, 2.24) is 9.97 Å². The number of rotatable bonds is 3. The molecule has 0 saturated carbocycles. The number of nitrogens with one attached hydrogen (secondary N) is 1. The Morgan fingerprint density at radius 1 is 1.44 bits per heavy atom. The number of halogens is 3. The minimum atomic E-state index is -4.48. The van der Waals surface area contributed by atoms with Gasteiger partial charge in [-0.25, -0.2) is 5.84 Å². The highest BCUT2D eigenvalue weighted by Gasteiger charge is 2.38. The third-order valence-corrected chi connectivity index (χ3v) is 1.63. The van der Waals surface area contributed by atoms with Crippen LogP contribution in [-0.4, -0.2) is 22.2 Å². The molecule has 1 aromatic rings. The van der Waals surface area contributed by atoms with E-state index in [1.54, 1.807) is 0 Å². The average Bonchev–Trinajstić information content (AvgIpc) is 2.15. The van der Waals surface area contributed by atoms with Gasteiger partial charge in [0.05, 0.1) is 0 Å². The third-order valence-electron chi connectivity index (χ3n) is 1.63. The number of hydrazine groups is 1. The zero-order chi connectivity index (χ0) is 12.3. The molecular weight excluding hydrogens is 227 g/mol. The van der Waals surface area contributed by atoms with Crippen molar-refractivity contribution < 1.29 is 17.9 Å². The van der Waals surface area contributed by atoms with E-state index in [2.05, 4.69) is 20.1 Å². The summed E-state index contributed by atoms with van der Waals surface area (Å²) in [5.74, 6) is 4.56. The maximum Gasteiger partial charge on any atom is 0.425 e. The molecule has 1 atom stereocenters. The predicted octanol–water partition coefficient (Wildman–Crippen LogP) is 0.674. The van der Waals surface area contributed by atoms with Gasteiger partial charge in [0.25, 0.3) is 0 Å². The predicted molar refractivity (Wildman–Crippen MR) is 50.4 cm³/mol. The monoisotopic (exact) mass is 237 g/mol. The summed E-state index contributed by atoms with van der Waals surface area (Å²) >= 11 is 0. The van der Waals surface area contributed by atoms with Crippen LogP contribution in [0.1, 0.15) is 6.92 Å². The van der Waals surface area contributed by atoms with Gasteiger partial charge in [-0.05, 0) is 6.92 Å². The van der Waals surface area contributed by atoms with Gasteiger partial charge < -0.3 is 15.9 Å². The van der Waals surface area contributed by atoms with Crippen molar-refractivity contribution in [3.05, 3.63) is 6.07 Å². The number of anilines is 2. The second-order valence-corrected chi connectivity index (χ2v) is 2.90. The molecule has 90 valence electrons. The van der Waals surface area contributed by atoms with Crippen molar-refractivity contribution in [1.29, 1.82) is 0 Å². The van der Waals surface area contributed by atoms with Gasteiger partial charge in [-0.3, -0.25) is 0 Å². The van der Waals surface area contributed by atoms with Gasteiger partial charge in [-0.15, -0.1) is 0 Å². The van der Waals surface area contributed by atoms with Crippen molar-refractivity contribution >= 4 is 11.8 Å². The molecule has 6 nitrogen and oxygen atoms in total. The first kappa shape index (κ1) is 12.3. The average molecular weight is 237 g/mol. The van der Waals surface area contributed by atoms with Gasteiger partial charge >= 0.3 is 6.18 Å². The van der Waals surface area contributed by atoms with Crippen molar-refractivity contribution in [3.8, 4) is 5.88 Å². The third kappa shape index (κ3) is 3.12. The van der Waals surface area contributed by atoms with E-state index in [0.717, 1.165) is 13.0 Å². The standard InChI is InChI=1S/C7H10F3N5O/c1-3(7(8,9)10)16-5-2-4(15-12)13-6(11)14-5/h2-3H,12H2,1H3,(H3,11,13,14,15). The normalized spacial score (nSPS) is 13.3. The highest BCUT2D eigenvalue weighted by molar-refractivity contribution is 5.41. The number of nitrogens with zero attached hydrogens (tertiary/aromatic N) is 2. The number of hydrogen-bond acceptors (Lipinski definition) is 6. The summed E-state index contributed by atoms with van der Waals surface area (Å²) in [4.78, 5) is 7.08. The molecule has 0 aliphatic heterocycles. The van der Waals surface area contributed by atoms with Crippen molar-refractivity contribution in [2.45, 2.75) is 19.2 Å². The first-order valence-electron chi connectivity index (χ1n) is 4.17. The fourth-order valence-corrected chi connectivity index (χ4v) is 0.825. The maximum absolute atomic E-state index is 12.2. The summed E-state index contributed by atoms with van der Waals surface area (Å²) in [7, 11) is 0. The van der Waals surface area contributed by atoms with E-state index in [-0.39, 0.29) is 17.6 Å². The molecular formula is C7H10F3N5O. The van der Waals surface area contributed by atoms with Crippen molar-refractivity contribution in [3.63, 3.8) is 0 Å². The summed E-state index contributed by atoms with van der Waals surface area (Å²) in [5, 5.41) is 0. The lowest BCUT2D eigenvalue weighted by Gasteiger charge is -2.17. The molecule has 0 bridgehead atoms. The van der Waals surface area contributed by atoms with E-state index in [1.807, 2.05) is 0 Å². The molecule has 0 amide bonds. The number of alkyl halides is 3. The van der Waals surface area contributed by atoms with Gasteiger partial charge in [-0.1, -0.05) is 0 Å². The van der Waals surface area contributed by atoms with Gasteiger partial charge in [0.1, 0.15) is 5.82 Å². The Morgan fingerprint density at radius 3 is 2.56 bits per heavy atom. The fourth-order valence-electron chi connectivity index (χ4n) is 0.825. The summed E-state index contributed by atoms with van der Waals surface area (Å²) in [6.45, 7) is 0.855. The van der Waals surface area contributed by atoms with Gasteiger partial charge in [0, 0.05) is 6.07 Å². The van der Waals surface area contributed by atoms with Crippen LogP contribution in [0.25, 0.3) is 0 Å². The number of nitrogen functional groups attached to an aromatic ring is 2. The molecule has 1 aromatic heterocycles. The van der Waals surface area contributed by atoms with E-state index in [4.69, 9.17) is 11.6 Å². The molecule has 1 rings (SSSR count). The van der Waals surface area contributed by atoms with Gasteiger partial charge in [0.2, 0.25) is 11.8 Å². The molecule has 1 unspecified atom stereocenters. The van der Waals surface area contributed by atoms with E-state index < -0.39 is 12.3 Å². The topological polar surface area (TPSA) is 99.1 Å². The van der Waals surface area contributed by atoms with E-state index in [1.165, 1.54) is 0 Å². The Bertz CT molecular complexity index is 370. The van der Waals surface area contributed by atoms with Crippen molar-refractivity contribution in [2.75, 3.05) is 11.2 Å². The SMILES string of the molecule is CC(Oc1cc(NN)nc(N)n1)C(F)(F)F. The minimum absolute atomic E-state index is 0.0666. The lowest BCUT2D eigenvalue weighted by molar-refractivity contribution is -0.189. The highest BCUT2D eigenvalue weighted by atomic mass is 19.4. The lowest BCUT2D eigenvalue weighted by Crippen LogP contribution is -2.31. The second-order valence-electron chi connectivity index (χ2n) is 2.90. The van der Waals surface area contributed by atoms with Crippen LogP contribution in [0, 0.1) is 0 Å². The Hall–Kier alpha value is -1.77. The summed E-state index contributed by atoms with van der Waals surface area (Å²) in [5.41, 5.74) is 7.37. The van der Waals surface area contributed by atoms with Crippen molar-refractivity contribution in [2.24, 2.45) is 5.84 Å². The summed E-state index contributed by atoms with van der Waals surface area (Å²) in [6.07, 6.45) is -6.47. The number of nitrogens with two attached hydrogens (primary N) is 2. The van der Waals surface area contributed by atoms with Crippen LogP contribution >= 0.6 is 0 Å². The molecule has 0 radical (unpaired) electrons. The summed E-state index contributed by atoms with van der Waals surface area (Å²) in [6, 6.07) is 1.11. The Labute approximate surface area is 88.8 Å². The fraction of sp³-hybridized carbons (Fsp3) is 0.429. The maximum atomic E-state index is 12.2. The number of hydrogen-bond donors (Lipinski definition) is 3. The zero-order valence-electron chi connectivity index (χ0n) is 8.25. The van der Waals surface area contributed by atoms with Crippen LogP contribution in [0.15, 0.2) is 6.07 Å². The molecule has 9 heteroatoms. The molecule has 0 aliphatic rings. The Morgan fingerprint density at radius 2 is 2.06 bits per heavy atom.